The first kappa shape index (κ1) is 22.8. The average Bonchev–Trinajstić information content (AvgIpc) is 2.72. The van der Waals surface area contributed by atoms with Gasteiger partial charge in [0.2, 0.25) is 0 Å². The molecule has 1 saturated heterocycles. The topological polar surface area (TPSA) is 66.5 Å². The fourth-order valence-electron chi connectivity index (χ4n) is 3.86. The van der Waals surface area contributed by atoms with Gasteiger partial charge in [0.25, 0.3) is 11.8 Å². The maximum absolute atomic E-state index is 13.0. The van der Waals surface area contributed by atoms with Crippen LogP contribution in [0.3, 0.4) is 0 Å². The van der Waals surface area contributed by atoms with Gasteiger partial charge in [0, 0.05) is 10.0 Å². The number of carbonyl (C=O) groups is 3. The van der Waals surface area contributed by atoms with Crippen molar-refractivity contribution in [1.82, 2.24) is 5.32 Å². The lowest BCUT2D eigenvalue weighted by atomic mass is 9.99. The molecule has 1 N–H and O–H groups in total. The molecule has 1 aliphatic rings. The molecule has 5 nitrogen and oxygen atoms in total. The number of barbiturate groups is 1. The van der Waals surface area contributed by atoms with Gasteiger partial charge in [-0.05, 0) is 67.3 Å². The number of aryl methyl sites for hydroxylation is 2. The minimum absolute atomic E-state index is 0.173. The summed E-state index contributed by atoms with van der Waals surface area (Å²) in [7, 11) is 0. The predicted molar refractivity (Wildman–Crippen MR) is 131 cm³/mol. The highest BCUT2D eigenvalue weighted by atomic mass is 35.5. The quantitative estimate of drug-likeness (QED) is 0.376. The van der Waals surface area contributed by atoms with Gasteiger partial charge in [0.05, 0.1) is 5.69 Å². The van der Waals surface area contributed by atoms with Crippen molar-refractivity contribution in [2.24, 2.45) is 0 Å². The average molecular weight is 479 g/mol. The Morgan fingerprint density at radius 2 is 1.64 bits per heavy atom. The van der Waals surface area contributed by atoms with E-state index < -0.39 is 17.8 Å². The lowest BCUT2D eigenvalue weighted by Crippen LogP contribution is -2.54. The van der Waals surface area contributed by atoms with Crippen LogP contribution in [0.2, 0.25) is 10.0 Å². The predicted octanol–water partition coefficient (Wildman–Crippen LogP) is 5.87. The molecule has 1 heterocycles. The van der Waals surface area contributed by atoms with Crippen LogP contribution in [0.1, 0.15) is 27.8 Å². The summed E-state index contributed by atoms with van der Waals surface area (Å²) in [5.74, 6) is -1.50. The molecule has 0 aromatic heterocycles. The molecule has 166 valence electrons. The monoisotopic (exact) mass is 478 g/mol. The van der Waals surface area contributed by atoms with E-state index >= 15 is 0 Å². The fourth-order valence-corrected chi connectivity index (χ4v) is 4.30. The summed E-state index contributed by atoms with van der Waals surface area (Å²) in [6, 6.07) is 17.2. The molecule has 1 fully saturated rings. The number of halogens is 2. The van der Waals surface area contributed by atoms with Crippen LogP contribution in [-0.2, 0) is 16.0 Å². The molecule has 33 heavy (non-hydrogen) atoms. The van der Waals surface area contributed by atoms with Crippen LogP contribution in [0.5, 0.6) is 0 Å². The minimum atomic E-state index is -0.828. The number of hydrogen-bond acceptors (Lipinski definition) is 3. The van der Waals surface area contributed by atoms with Gasteiger partial charge in [-0.1, -0.05) is 70.7 Å². The van der Waals surface area contributed by atoms with Gasteiger partial charge in [-0.25, -0.2) is 9.69 Å². The number of urea groups is 1. The standard InChI is InChI=1S/C26H20Cl2N2O3/c1-15-8-16(2)10-18(9-15)11-19-7-6-17(13-23(19)28)12-22-24(31)29-26(33)30(25(22)32)21-5-3-4-20(27)14-21/h3-10,12-14H,11H2,1-2H3,(H,29,31,33)/b22-12+. The molecule has 3 aromatic carbocycles. The van der Waals surface area contributed by atoms with Crippen LogP contribution in [0.4, 0.5) is 10.5 Å². The first-order chi connectivity index (χ1) is 15.7. The van der Waals surface area contributed by atoms with Crippen molar-refractivity contribution in [3.8, 4) is 0 Å². The summed E-state index contributed by atoms with van der Waals surface area (Å²) < 4.78 is 0. The Kier molecular flexibility index (Phi) is 6.36. The van der Waals surface area contributed by atoms with E-state index in [0.717, 1.165) is 16.0 Å². The van der Waals surface area contributed by atoms with Crippen molar-refractivity contribution in [2.45, 2.75) is 20.3 Å². The van der Waals surface area contributed by atoms with Crippen LogP contribution >= 0.6 is 23.2 Å². The molecule has 0 spiro atoms. The molecule has 0 saturated carbocycles. The highest BCUT2D eigenvalue weighted by Gasteiger charge is 2.36. The van der Waals surface area contributed by atoms with Crippen molar-refractivity contribution < 1.29 is 14.4 Å². The van der Waals surface area contributed by atoms with Gasteiger partial charge < -0.3 is 0 Å². The highest BCUT2D eigenvalue weighted by Crippen LogP contribution is 2.27. The van der Waals surface area contributed by atoms with Gasteiger partial charge in [-0.2, -0.15) is 0 Å². The van der Waals surface area contributed by atoms with E-state index in [4.69, 9.17) is 23.2 Å². The van der Waals surface area contributed by atoms with Crippen LogP contribution in [-0.4, -0.2) is 17.8 Å². The zero-order valence-corrected chi connectivity index (χ0v) is 19.5. The SMILES string of the molecule is Cc1cc(C)cc(Cc2ccc(/C=C3\C(=O)NC(=O)N(c4cccc(Cl)c4)C3=O)cc2Cl)c1. The maximum atomic E-state index is 13.0. The molecule has 4 amide bonds. The Morgan fingerprint density at radius 1 is 0.909 bits per heavy atom. The van der Waals surface area contributed by atoms with Crippen LogP contribution in [0.25, 0.3) is 6.08 Å². The van der Waals surface area contributed by atoms with Gasteiger partial charge >= 0.3 is 6.03 Å². The molecule has 0 radical (unpaired) electrons. The first-order valence-electron chi connectivity index (χ1n) is 10.2. The van der Waals surface area contributed by atoms with Crippen molar-refractivity contribution >= 4 is 52.8 Å². The zero-order valence-electron chi connectivity index (χ0n) is 18.0. The molecule has 0 aliphatic carbocycles. The maximum Gasteiger partial charge on any atom is 0.335 e. The summed E-state index contributed by atoms with van der Waals surface area (Å²) in [5.41, 5.74) is 5.11. The Bertz CT molecular complexity index is 1310. The Hall–Kier alpha value is -3.41. The fraction of sp³-hybridized carbons (Fsp3) is 0.115. The molecule has 0 bridgehead atoms. The molecule has 7 heteroatoms. The Balaban J connectivity index is 1.63. The van der Waals surface area contributed by atoms with Crippen LogP contribution in [0, 0.1) is 13.8 Å². The van der Waals surface area contributed by atoms with Crippen molar-refractivity contribution in [1.29, 1.82) is 0 Å². The lowest BCUT2D eigenvalue weighted by molar-refractivity contribution is -0.122. The number of nitrogens with one attached hydrogen (secondary N) is 1. The smallest absolute Gasteiger partial charge is 0.273 e. The Morgan fingerprint density at radius 3 is 2.30 bits per heavy atom. The van der Waals surface area contributed by atoms with Crippen LogP contribution < -0.4 is 10.2 Å². The molecular weight excluding hydrogens is 459 g/mol. The molecule has 1 aliphatic heterocycles. The summed E-state index contributed by atoms with van der Waals surface area (Å²) in [6.07, 6.45) is 2.09. The van der Waals surface area contributed by atoms with Crippen LogP contribution in [0.15, 0.2) is 66.2 Å². The summed E-state index contributed by atoms with van der Waals surface area (Å²) in [4.78, 5) is 38.6. The number of benzene rings is 3. The lowest BCUT2D eigenvalue weighted by Gasteiger charge is -2.26. The third kappa shape index (κ3) is 5.00. The van der Waals surface area contributed by atoms with Gasteiger partial charge in [-0.15, -0.1) is 0 Å². The number of hydrogen-bond donors (Lipinski definition) is 1. The van der Waals surface area contributed by atoms with Gasteiger partial charge in [0.15, 0.2) is 0 Å². The largest absolute Gasteiger partial charge is 0.335 e. The van der Waals surface area contributed by atoms with Crippen molar-refractivity contribution in [3.05, 3.63) is 104 Å². The summed E-state index contributed by atoms with van der Waals surface area (Å²) in [6.45, 7) is 4.11. The van der Waals surface area contributed by atoms with Crippen molar-refractivity contribution in [2.75, 3.05) is 4.90 Å². The summed E-state index contributed by atoms with van der Waals surface area (Å²) >= 11 is 12.5. The second-order valence-corrected chi connectivity index (χ2v) is 8.80. The third-order valence-electron chi connectivity index (χ3n) is 5.23. The van der Waals surface area contributed by atoms with Gasteiger partial charge in [0.1, 0.15) is 5.57 Å². The number of carbonyl (C=O) groups excluding carboxylic acids is 3. The molecule has 0 unspecified atom stereocenters. The first-order valence-corrected chi connectivity index (χ1v) is 11.0. The number of nitrogens with zero attached hydrogens (tertiary/aromatic N) is 1. The highest BCUT2D eigenvalue weighted by molar-refractivity contribution is 6.39. The molecule has 0 atom stereocenters. The van der Waals surface area contributed by atoms with Gasteiger partial charge in [-0.3, -0.25) is 14.9 Å². The number of anilines is 1. The molecule has 4 rings (SSSR count). The van der Waals surface area contributed by atoms with E-state index in [1.807, 2.05) is 6.07 Å². The molecular formula is C26H20Cl2N2O3. The van der Waals surface area contributed by atoms with E-state index in [-0.39, 0.29) is 11.3 Å². The van der Waals surface area contributed by atoms with E-state index in [1.54, 1.807) is 30.3 Å². The second-order valence-electron chi connectivity index (χ2n) is 7.96. The van der Waals surface area contributed by atoms with E-state index in [2.05, 4.69) is 37.4 Å². The third-order valence-corrected chi connectivity index (χ3v) is 5.82. The summed E-state index contributed by atoms with van der Waals surface area (Å²) in [5, 5.41) is 3.09. The van der Waals surface area contributed by atoms with E-state index in [0.29, 0.717) is 22.0 Å². The number of amides is 4. The Labute approximate surface area is 201 Å². The molecule has 3 aromatic rings. The van der Waals surface area contributed by atoms with E-state index in [9.17, 15) is 14.4 Å². The van der Waals surface area contributed by atoms with Crippen molar-refractivity contribution in [3.63, 3.8) is 0 Å². The normalized spacial score (nSPS) is 15.2. The minimum Gasteiger partial charge on any atom is -0.273 e. The zero-order chi connectivity index (χ0) is 23.7. The second kappa shape index (κ2) is 9.22. The number of imide groups is 2. The number of rotatable bonds is 4. The van der Waals surface area contributed by atoms with E-state index in [1.165, 1.54) is 23.3 Å².